The SMILES string of the molecule is CCS(=O)(=O)Nc1ccc(N[C@H]2CC[C@H](C)CC2)c(-c2cc(C)nc3c2ccn3S(=O)(=O)c2ccc(C)cc2)c1. The molecular weight excluding hydrogens is 544 g/mol. The Morgan fingerprint density at radius 2 is 1.60 bits per heavy atom. The first-order valence-electron chi connectivity index (χ1n) is 13.7. The van der Waals surface area contributed by atoms with Crippen molar-refractivity contribution in [3.8, 4) is 11.1 Å². The molecule has 10 heteroatoms. The molecular formula is C30H36N4O4S2. The Hall–Kier alpha value is -3.37. The molecule has 40 heavy (non-hydrogen) atoms. The first-order chi connectivity index (χ1) is 19.0. The Balaban J connectivity index is 1.65. The maximum atomic E-state index is 13.6. The fourth-order valence-corrected chi connectivity index (χ4v) is 7.21. The van der Waals surface area contributed by atoms with Gasteiger partial charge in [-0.3, -0.25) is 4.72 Å². The van der Waals surface area contributed by atoms with E-state index < -0.39 is 20.0 Å². The van der Waals surface area contributed by atoms with Gasteiger partial charge in [-0.15, -0.1) is 0 Å². The third-order valence-corrected chi connectivity index (χ3v) is 10.7. The van der Waals surface area contributed by atoms with Crippen LogP contribution in [0, 0.1) is 19.8 Å². The lowest BCUT2D eigenvalue weighted by molar-refractivity contribution is 0.361. The molecule has 4 aromatic rings. The molecule has 0 bridgehead atoms. The van der Waals surface area contributed by atoms with Crippen molar-refractivity contribution < 1.29 is 16.8 Å². The Bertz CT molecular complexity index is 1750. The highest BCUT2D eigenvalue weighted by atomic mass is 32.2. The molecule has 0 amide bonds. The first kappa shape index (κ1) is 28.2. The van der Waals surface area contributed by atoms with Crippen molar-refractivity contribution in [3.63, 3.8) is 0 Å². The van der Waals surface area contributed by atoms with Gasteiger partial charge in [-0.1, -0.05) is 24.6 Å². The summed E-state index contributed by atoms with van der Waals surface area (Å²) in [6, 6.07) is 16.2. The molecule has 0 radical (unpaired) electrons. The van der Waals surface area contributed by atoms with Gasteiger partial charge in [0.2, 0.25) is 10.0 Å². The summed E-state index contributed by atoms with van der Waals surface area (Å²) >= 11 is 0. The topological polar surface area (TPSA) is 110 Å². The van der Waals surface area contributed by atoms with E-state index in [0.717, 1.165) is 48.1 Å². The lowest BCUT2D eigenvalue weighted by atomic mass is 9.87. The Labute approximate surface area is 236 Å². The van der Waals surface area contributed by atoms with Crippen LogP contribution >= 0.6 is 0 Å². The summed E-state index contributed by atoms with van der Waals surface area (Å²) in [5, 5.41) is 4.37. The quantitative estimate of drug-likeness (QED) is 0.253. The molecule has 0 aliphatic heterocycles. The number of sulfonamides is 1. The van der Waals surface area contributed by atoms with Crippen molar-refractivity contribution in [2.24, 2.45) is 5.92 Å². The highest BCUT2D eigenvalue weighted by Gasteiger charge is 2.24. The zero-order chi connectivity index (χ0) is 28.7. The monoisotopic (exact) mass is 580 g/mol. The van der Waals surface area contributed by atoms with E-state index in [1.165, 1.54) is 10.2 Å². The number of rotatable bonds is 8. The van der Waals surface area contributed by atoms with Crippen molar-refractivity contribution in [1.82, 2.24) is 8.96 Å². The number of nitrogens with zero attached hydrogens (tertiary/aromatic N) is 2. The van der Waals surface area contributed by atoms with Gasteiger partial charge in [0.25, 0.3) is 10.0 Å². The van der Waals surface area contributed by atoms with E-state index in [4.69, 9.17) is 0 Å². The molecule has 2 aromatic heterocycles. The van der Waals surface area contributed by atoms with Crippen LogP contribution in [0.4, 0.5) is 11.4 Å². The molecule has 1 aliphatic carbocycles. The maximum absolute atomic E-state index is 13.6. The number of pyridine rings is 1. The number of nitrogens with one attached hydrogen (secondary N) is 2. The standard InChI is InChI=1S/C30H36N4O4S2/c1-5-39(35,36)33-24-12-15-29(32-23-10-6-20(2)7-11-23)28(19-24)27-18-22(4)31-30-26(27)16-17-34(30)40(37,38)25-13-8-21(3)9-14-25/h8-9,12-20,23,32-33H,5-7,10-11H2,1-4H3/t20-,23-. The van der Waals surface area contributed by atoms with Gasteiger partial charge in [0.15, 0.2) is 5.65 Å². The second-order valence-corrected chi connectivity index (χ2v) is 14.7. The number of hydrogen-bond acceptors (Lipinski definition) is 6. The molecule has 0 spiro atoms. The van der Waals surface area contributed by atoms with Crippen LogP contribution in [0.25, 0.3) is 22.2 Å². The van der Waals surface area contributed by atoms with Crippen LogP contribution < -0.4 is 10.0 Å². The molecule has 1 saturated carbocycles. The Morgan fingerprint density at radius 1 is 0.900 bits per heavy atom. The molecule has 0 atom stereocenters. The van der Waals surface area contributed by atoms with Crippen LogP contribution in [0.3, 0.4) is 0 Å². The van der Waals surface area contributed by atoms with Crippen LogP contribution in [0.15, 0.2) is 65.7 Å². The number of benzene rings is 2. The Morgan fingerprint density at radius 3 is 2.27 bits per heavy atom. The van der Waals surface area contributed by atoms with Gasteiger partial charge in [0.05, 0.1) is 10.6 Å². The lowest BCUT2D eigenvalue weighted by Gasteiger charge is -2.29. The minimum absolute atomic E-state index is 0.0407. The number of aryl methyl sites for hydroxylation is 2. The average Bonchev–Trinajstić information content (AvgIpc) is 3.35. The van der Waals surface area contributed by atoms with Crippen LogP contribution in [-0.4, -0.2) is 37.6 Å². The number of anilines is 2. The van der Waals surface area contributed by atoms with Crippen molar-refractivity contribution in [3.05, 3.63) is 72.1 Å². The normalized spacial score (nSPS) is 18.1. The number of hydrogen-bond donors (Lipinski definition) is 2. The smallest absolute Gasteiger partial charge is 0.269 e. The van der Waals surface area contributed by atoms with E-state index in [1.807, 2.05) is 32.0 Å². The van der Waals surface area contributed by atoms with Crippen LogP contribution in [0.5, 0.6) is 0 Å². The zero-order valence-electron chi connectivity index (χ0n) is 23.3. The van der Waals surface area contributed by atoms with E-state index in [9.17, 15) is 16.8 Å². The molecule has 0 saturated heterocycles. The second kappa shape index (κ2) is 10.9. The third kappa shape index (κ3) is 5.74. The maximum Gasteiger partial charge on any atom is 0.269 e. The predicted octanol–water partition coefficient (Wildman–Crippen LogP) is 6.31. The Kier molecular flexibility index (Phi) is 7.67. The average molecular weight is 581 g/mol. The number of fused-ring (bicyclic) bond motifs is 1. The van der Waals surface area contributed by atoms with Gasteiger partial charge in [0.1, 0.15) is 0 Å². The minimum atomic E-state index is -3.88. The largest absolute Gasteiger partial charge is 0.382 e. The predicted molar refractivity (Wildman–Crippen MR) is 162 cm³/mol. The van der Waals surface area contributed by atoms with E-state index in [2.05, 4.69) is 21.9 Å². The minimum Gasteiger partial charge on any atom is -0.382 e. The molecule has 8 nitrogen and oxygen atoms in total. The van der Waals surface area contributed by atoms with E-state index in [0.29, 0.717) is 34.4 Å². The molecule has 5 rings (SSSR count). The van der Waals surface area contributed by atoms with Crippen molar-refractivity contribution in [1.29, 1.82) is 0 Å². The molecule has 212 valence electrons. The molecule has 0 unspecified atom stereocenters. The fraction of sp³-hybridized carbons (Fsp3) is 0.367. The molecule has 2 heterocycles. The van der Waals surface area contributed by atoms with E-state index >= 15 is 0 Å². The highest BCUT2D eigenvalue weighted by molar-refractivity contribution is 7.92. The van der Waals surface area contributed by atoms with Gasteiger partial charge in [-0.05, 0) is 100 Å². The van der Waals surface area contributed by atoms with E-state index in [1.54, 1.807) is 43.3 Å². The summed E-state index contributed by atoms with van der Waals surface area (Å²) < 4.78 is 55.9. The van der Waals surface area contributed by atoms with Crippen LogP contribution in [-0.2, 0) is 20.0 Å². The van der Waals surface area contributed by atoms with Gasteiger partial charge in [0, 0.05) is 40.3 Å². The van der Waals surface area contributed by atoms with Gasteiger partial charge in [-0.2, -0.15) is 0 Å². The summed E-state index contributed by atoms with van der Waals surface area (Å²) in [7, 11) is -7.36. The summed E-state index contributed by atoms with van der Waals surface area (Å²) in [5.74, 6) is 0.669. The fourth-order valence-electron chi connectivity index (χ4n) is 5.28. The lowest BCUT2D eigenvalue weighted by Crippen LogP contribution is -2.25. The highest BCUT2D eigenvalue weighted by Crippen LogP contribution is 2.38. The van der Waals surface area contributed by atoms with Crippen molar-refractivity contribution >= 4 is 42.5 Å². The summed E-state index contributed by atoms with van der Waals surface area (Å²) in [6.07, 6.45) is 5.95. The molecule has 2 N–H and O–H groups in total. The van der Waals surface area contributed by atoms with Gasteiger partial charge in [-0.25, -0.2) is 25.8 Å². The van der Waals surface area contributed by atoms with Crippen molar-refractivity contribution in [2.75, 3.05) is 15.8 Å². The first-order valence-corrected chi connectivity index (χ1v) is 16.8. The molecule has 2 aromatic carbocycles. The summed E-state index contributed by atoms with van der Waals surface area (Å²) in [6.45, 7) is 7.61. The van der Waals surface area contributed by atoms with Gasteiger partial charge < -0.3 is 5.32 Å². The molecule has 1 fully saturated rings. The van der Waals surface area contributed by atoms with Crippen LogP contribution in [0.2, 0.25) is 0 Å². The zero-order valence-corrected chi connectivity index (χ0v) is 24.9. The second-order valence-electron chi connectivity index (χ2n) is 10.8. The third-order valence-electron chi connectivity index (χ3n) is 7.67. The summed E-state index contributed by atoms with van der Waals surface area (Å²) in [5.41, 5.74) is 4.85. The summed E-state index contributed by atoms with van der Waals surface area (Å²) in [4.78, 5) is 4.82. The van der Waals surface area contributed by atoms with Gasteiger partial charge >= 0.3 is 0 Å². The number of aromatic nitrogens is 2. The van der Waals surface area contributed by atoms with Crippen molar-refractivity contribution in [2.45, 2.75) is 64.3 Å². The van der Waals surface area contributed by atoms with Crippen LogP contribution in [0.1, 0.15) is 50.8 Å². The molecule has 1 aliphatic rings. The van der Waals surface area contributed by atoms with E-state index in [-0.39, 0.29) is 10.6 Å².